The number of nitrogens with zero attached hydrogens (tertiary/aromatic N) is 3. The van der Waals surface area contributed by atoms with Crippen molar-refractivity contribution < 1.29 is 18.4 Å². The third-order valence-corrected chi connectivity index (χ3v) is 5.34. The number of hydrogen-bond donors (Lipinski definition) is 3. The summed E-state index contributed by atoms with van der Waals surface area (Å²) in [6, 6.07) is 0.898. The monoisotopic (exact) mass is 428 g/mol. The summed E-state index contributed by atoms with van der Waals surface area (Å²) in [5.74, 6) is -5.27. The molecule has 1 aliphatic rings. The van der Waals surface area contributed by atoms with E-state index in [0.29, 0.717) is 5.02 Å². The standard InChI is InChI=1S/C18H23ClF2N6O2/c19-13-9-14(22-10-13)16(28)23-11-15(12-3-1-2-4-12)25-17(29)18(20,21)5-7-27-8-6-24-26-27/h6,8-10,12,15,22H,1-5,7,11H2,(H,23,28)(H,25,29). The Morgan fingerprint density at radius 3 is 2.76 bits per heavy atom. The van der Waals surface area contributed by atoms with Crippen LogP contribution in [0.5, 0.6) is 0 Å². The van der Waals surface area contributed by atoms with Gasteiger partial charge in [-0.3, -0.25) is 14.3 Å². The number of aromatic amines is 1. The molecule has 3 rings (SSSR count). The Hall–Kier alpha value is -2.49. The zero-order chi connectivity index (χ0) is 20.9. The Labute approximate surface area is 171 Å². The minimum Gasteiger partial charge on any atom is -0.356 e. The van der Waals surface area contributed by atoms with E-state index in [1.54, 1.807) is 0 Å². The predicted octanol–water partition coefficient (Wildman–Crippen LogP) is 2.39. The summed E-state index contributed by atoms with van der Waals surface area (Å²) >= 11 is 5.79. The molecule has 0 saturated heterocycles. The highest BCUT2D eigenvalue weighted by atomic mass is 35.5. The van der Waals surface area contributed by atoms with Crippen LogP contribution in [0.3, 0.4) is 0 Å². The molecular weight excluding hydrogens is 406 g/mol. The fourth-order valence-electron chi connectivity index (χ4n) is 3.49. The van der Waals surface area contributed by atoms with E-state index in [1.807, 2.05) is 0 Å². The molecule has 2 aromatic heterocycles. The summed E-state index contributed by atoms with van der Waals surface area (Å²) in [7, 11) is 0. The van der Waals surface area contributed by atoms with Gasteiger partial charge < -0.3 is 15.6 Å². The highest BCUT2D eigenvalue weighted by molar-refractivity contribution is 6.30. The first-order valence-electron chi connectivity index (χ1n) is 9.50. The van der Waals surface area contributed by atoms with Crippen molar-refractivity contribution in [2.24, 2.45) is 5.92 Å². The van der Waals surface area contributed by atoms with Gasteiger partial charge in [0.1, 0.15) is 5.69 Å². The second-order valence-corrected chi connectivity index (χ2v) is 7.62. The lowest BCUT2D eigenvalue weighted by atomic mass is 9.97. The molecule has 1 aliphatic carbocycles. The van der Waals surface area contributed by atoms with Gasteiger partial charge in [-0.15, -0.1) is 5.10 Å². The van der Waals surface area contributed by atoms with Gasteiger partial charge in [0.25, 0.3) is 11.8 Å². The van der Waals surface area contributed by atoms with Crippen LogP contribution in [0, 0.1) is 5.92 Å². The molecule has 3 N–H and O–H groups in total. The number of nitrogens with one attached hydrogen (secondary N) is 3. The van der Waals surface area contributed by atoms with Gasteiger partial charge >= 0.3 is 5.92 Å². The Morgan fingerprint density at radius 1 is 1.38 bits per heavy atom. The summed E-state index contributed by atoms with van der Waals surface area (Å²) in [5.41, 5.74) is 0.268. The molecule has 29 heavy (non-hydrogen) atoms. The van der Waals surface area contributed by atoms with Crippen LogP contribution in [-0.2, 0) is 11.3 Å². The van der Waals surface area contributed by atoms with E-state index in [9.17, 15) is 18.4 Å². The van der Waals surface area contributed by atoms with Gasteiger partial charge in [0, 0.05) is 37.9 Å². The van der Waals surface area contributed by atoms with E-state index in [4.69, 9.17) is 11.6 Å². The molecule has 158 valence electrons. The largest absolute Gasteiger partial charge is 0.356 e. The summed E-state index contributed by atoms with van der Waals surface area (Å²) in [6.07, 6.45) is 7.21. The minimum absolute atomic E-state index is 0.0394. The van der Waals surface area contributed by atoms with Crippen molar-refractivity contribution in [2.45, 2.75) is 50.6 Å². The second-order valence-electron chi connectivity index (χ2n) is 7.19. The lowest BCUT2D eigenvalue weighted by molar-refractivity contribution is -0.148. The van der Waals surface area contributed by atoms with Crippen LogP contribution in [0.25, 0.3) is 0 Å². The third kappa shape index (κ3) is 5.75. The molecule has 0 aliphatic heterocycles. The second kappa shape index (κ2) is 9.34. The first-order chi connectivity index (χ1) is 13.8. The average Bonchev–Trinajstić information content (AvgIpc) is 3.45. The van der Waals surface area contributed by atoms with Crippen molar-refractivity contribution >= 4 is 23.4 Å². The number of halogens is 3. The molecule has 11 heteroatoms. The Morgan fingerprint density at radius 2 is 2.14 bits per heavy atom. The van der Waals surface area contributed by atoms with E-state index >= 15 is 0 Å². The average molecular weight is 429 g/mol. The van der Waals surface area contributed by atoms with E-state index in [0.717, 1.165) is 25.7 Å². The van der Waals surface area contributed by atoms with E-state index < -0.39 is 30.2 Å². The molecule has 8 nitrogen and oxygen atoms in total. The lowest BCUT2D eigenvalue weighted by Crippen LogP contribution is -2.52. The SMILES string of the molecule is O=C(NCC(NC(=O)C(F)(F)CCn1ccnn1)C1CCCC1)c1cc(Cl)c[nH]1. The fourth-order valence-corrected chi connectivity index (χ4v) is 3.65. The molecule has 2 amide bonds. The highest BCUT2D eigenvalue weighted by Gasteiger charge is 2.40. The topological polar surface area (TPSA) is 105 Å². The Kier molecular flexibility index (Phi) is 6.83. The summed E-state index contributed by atoms with van der Waals surface area (Å²) in [6.45, 7) is -0.0656. The van der Waals surface area contributed by atoms with E-state index in [-0.39, 0.29) is 24.7 Å². The molecular formula is C18H23ClF2N6O2. The van der Waals surface area contributed by atoms with Gasteiger partial charge in [0.05, 0.1) is 11.2 Å². The molecule has 0 spiro atoms. The number of aryl methyl sites for hydroxylation is 1. The molecule has 0 aromatic carbocycles. The molecule has 1 atom stereocenters. The van der Waals surface area contributed by atoms with Crippen LogP contribution in [0.2, 0.25) is 5.02 Å². The first kappa shape index (κ1) is 21.2. The number of hydrogen-bond acceptors (Lipinski definition) is 4. The molecule has 2 heterocycles. The van der Waals surface area contributed by atoms with Crippen LogP contribution < -0.4 is 10.6 Å². The zero-order valence-electron chi connectivity index (χ0n) is 15.7. The van der Waals surface area contributed by atoms with E-state index in [2.05, 4.69) is 25.9 Å². The smallest absolute Gasteiger partial charge is 0.326 e. The first-order valence-corrected chi connectivity index (χ1v) is 9.88. The molecule has 1 fully saturated rings. The van der Waals surface area contributed by atoms with Crippen molar-refractivity contribution in [2.75, 3.05) is 6.54 Å². The third-order valence-electron chi connectivity index (χ3n) is 5.12. The van der Waals surface area contributed by atoms with Gasteiger partial charge in [0.15, 0.2) is 0 Å². The van der Waals surface area contributed by atoms with E-state index in [1.165, 1.54) is 29.3 Å². The summed E-state index contributed by atoms with van der Waals surface area (Å²) in [4.78, 5) is 27.2. The highest BCUT2D eigenvalue weighted by Crippen LogP contribution is 2.29. The van der Waals surface area contributed by atoms with Crippen LogP contribution >= 0.6 is 11.6 Å². The maximum atomic E-state index is 14.3. The minimum atomic E-state index is -3.56. The zero-order valence-corrected chi connectivity index (χ0v) is 16.5. The number of carbonyl (C=O) groups excluding carboxylic acids is 2. The number of carbonyl (C=O) groups is 2. The predicted molar refractivity (Wildman–Crippen MR) is 102 cm³/mol. The molecule has 1 unspecified atom stereocenters. The number of H-pyrrole nitrogens is 1. The Bertz CT molecular complexity index is 820. The maximum Gasteiger partial charge on any atom is 0.326 e. The van der Waals surface area contributed by atoms with Gasteiger partial charge in [-0.25, -0.2) is 0 Å². The molecule has 0 bridgehead atoms. The summed E-state index contributed by atoms with van der Waals surface area (Å²) in [5, 5.41) is 12.7. The normalized spacial score (nSPS) is 16.0. The fraction of sp³-hybridized carbons (Fsp3) is 0.556. The quantitative estimate of drug-likeness (QED) is 0.570. The lowest BCUT2D eigenvalue weighted by Gasteiger charge is -2.27. The van der Waals surface area contributed by atoms with Gasteiger partial charge in [0.2, 0.25) is 0 Å². The number of aromatic nitrogens is 4. The number of amides is 2. The Balaban J connectivity index is 1.58. The van der Waals surface area contributed by atoms with Crippen LogP contribution in [0.15, 0.2) is 24.7 Å². The molecule has 2 aromatic rings. The van der Waals surface area contributed by atoms with Crippen molar-refractivity contribution in [3.63, 3.8) is 0 Å². The molecule has 0 radical (unpaired) electrons. The number of alkyl halides is 2. The summed E-state index contributed by atoms with van der Waals surface area (Å²) < 4.78 is 29.9. The van der Waals surface area contributed by atoms with Crippen LogP contribution in [0.4, 0.5) is 8.78 Å². The van der Waals surface area contributed by atoms with Crippen LogP contribution in [-0.4, -0.2) is 50.3 Å². The van der Waals surface area contributed by atoms with Crippen molar-refractivity contribution in [3.05, 3.63) is 35.4 Å². The maximum absolute atomic E-state index is 14.3. The van der Waals surface area contributed by atoms with Gasteiger partial charge in [-0.1, -0.05) is 29.7 Å². The van der Waals surface area contributed by atoms with Crippen molar-refractivity contribution in [1.82, 2.24) is 30.6 Å². The van der Waals surface area contributed by atoms with Crippen molar-refractivity contribution in [3.8, 4) is 0 Å². The van der Waals surface area contributed by atoms with Gasteiger partial charge in [-0.05, 0) is 24.8 Å². The van der Waals surface area contributed by atoms with Crippen molar-refractivity contribution in [1.29, 1.82) is 0 Å². The number of rotatable bonds is 9. The van der Waals surface area contributed by atoms with Gasteiger partial charge in [-0.2, -0.15) is 8.78 Å². The molecule has 1 saturated carbocycles. The van der Waals surface area contributed by atoms with Crippen LogP contribution in [0.1, 0.15) is 42.6 Å².